The van der Waals surface area contributed by atoms with Crippen LogP contribution in [0.25, 0.3) is 0 Å². The second kappa shape index (κ2) is 7.01. The molecule has 0 aliphatic rings. The Morgan fingerprint density at radius 3 is 2.88 bits per heavy atom. The van der Waals surface area contributed by atoms with Gasteiger partial charge in [0.1, 0.15) is 5.82 Å². The molecule has 0 heterocycles. The van der Waals surface area contributed by atoms with Crippen LogP contribution in [0.1, 0.15) is 25.8 Å². The molecule has 0 radical (unpaired) electrons. The van der Waals surface area contributed by atoms with E-state index in [2.05, 4.69) is 10.6 Å². The van der Waals surface area contributed by atoms with Gasteiger partial charge in [-0.2, -0.15) is 0 Å². The van der Waals surface area contributed by atoms with Crippen LogP contribution in [-0.2, 0) is 11.3 Å². The number of benzene rings is 1. The van der Waals surface area contributed by atoms with Gasteiger partial charge in [-0.25, -0.2) is 4.39 Å². The largest absolute Gasteiger partial charge is 0.352 e. The standard InChI is InChI=1S/C13H19FN2O/c1-3-15-10(2)7-13(17)16-9-11-5-4-6-12(14)8-11/h4-6,8,10,15H,3,7,9H2,1-2H3,(H,16,17). The van der Waals surface area contributed by atoms with Crippen LogP contribution in [0, 0.1) is 5.82 Å². The van der Waals surface area contributed by atoms with E-state index < -0.39 is 0 Å². The average molecular weight is 238 g/mol. The van der Waals surface area contributed by atoms with Gasteiger partial charge in [-0.05, 0) is 31.2 Å². The molecule has 1 aromatic carbocycles. The Hall–Kier alpha value is -1.42. The van der Waals surface area contributed by atoms with Crippen LogP contribution < -0.4 is 10.6 Å². The lowest BCUT2D eigenvalue weighted by molar-refractivity contribution is -0.121. The average Bonchev–Trinajstić information content (AvgIpc) is 2.27. The normalized spacial score (nSPS) is 12.2. The van der Waals surface area contributed by atoms with Crippen molar-refractivity contribution in [3.8, 4) is 0 Å². The number of hydrogen-bond acceptors (Lipinski definition) is 2. The molecule has 1 atom stereocenters. The molecule has 3 nitrogen and oxygen atoms in total. The van der Waals surface area contributed by atoms with Crippen molar-refractivity contribution < 1.29 is 9.18 Å². The summed E-state index contributed by atoms with van der Waals surface area (Å²) in [6, 6.07) is 6.40. The maximum atomic E-state index is 12.9. The van der Waals surface area contributed by atoms with Gasteiger partial charge in [0.05, 0.1) is 0 Å². The fourth-order valence-electron chi connectivity index (χ4n) is 1.62. The molecule has 4 heteroatoms. The summed E-state index contributed by atoms with van der Waals surface area (Å²) in [5.74, 6) is -0.305. The second-order valence-corrected chi connectivity index (χ2v) is 4.07. The first kappa shape index (κ1) is 13.6. The third-order valence-electron chi connectivity index (χ3n) is 2.42. The van der Waals surface area contributed by atoms with Gasteiger partial charge in [0, 0.05) is 19.0 Å². The predicted octanol–water partition coefficient (Wildman–Crippen LogP) is 1.83. The van der Waals surface area contributed by atoms with Gasteiger partial charge in [-0.3, -0.25) is 4.79 Å². The first-order valence-electron chi connectivity index (χ1n) is 5.86. The van der Waals surface area contributed by atoms with Crippen molar-refractivity contribution in [1.29, 1.82) is 0 Å². The zero-order valence-corrected chi connectivity index (χ0v) is 10.3. The predicted molar refractivity (Wildman–Crippen MR) is 66.0 cm³/mol. The highest BCUT2D eigenvalue weighted by atomic mass is 19.1. The number of carbonyl (C=O) groups excluding carboxylic acids is 1. The van der Waals surface area contributed by atoms with E-state index in [0.717, 1.165) is 12.1 Å². The Kier molecular flexibility index (Phi) is 5.63. The Balaban J connectivity index is 2.33. The molecule has 2 N–H and O–H groups in total. The lowest BCUT2D eigenvalue weighted by Gasteiger charge is -2.12. The van der Waals surface area contributed by atoms with Gasteiger partial charge in [0.2, 0.25) is 5.91 Å². The van der Waals surface area contributed by atoms with E-state index in [1.165, 1.54) is 12.1 Å². The molecule has 0 aliphatic heterocycles. The van der Waals surface area contributed by atoms with Gasteiger partial charge in [0.15, 0.2) is 0 Å². The van der Waals surface area contributed by atoms with Crippen molar-refractivity contribution in [2.75, 3.05) is 6.54 Å². The van der Waals surface area contributed by atoms with Crippen LogP contribution in [0.5, 0.6) is 0 Å². The fourth-order valence-corrected chi connectivity index (χ4v) is 1.62. The molecule has 1 unspecified atom stereocenters. The molecule has 0 saturated heterocycles. The molecule has 0 fully saturated rings. The molecular formula is C13H19FN2O. The van der Waals surface area contributed by atoms with Crippen LogP contribution in [0.2, 0.25) is 0 Å². The Morgan fingerprint density at radius 2 is 2.24 bits per heavy atom. The molecule has 1 amide bonds. The topological polar surface area (TPSA) is 41.1 Å². The van der Waals surface area contributed by atoms with E-state index in [1.54, 1.807) is 12.1 Å². The summed E-state index contributed by atoms with van der Waals surface area (Å²) in [5.41, 5.74) is 0.773. The second-order valence-electron chi connectivity index (χ2n) is 4.07. The molecule has 17 heavy (non-hydrogen) atoms. The maximum absolute atomic E-state index is 12.9. The summed E-state index contributed by atoms with van der Waals surface area (Å²) >= 11 is 0. The summed E-state index contributed by atoms with van der Waals surface area (Å²) < 4.78 is 12.9. The minimum absolute atomic E-state index is 0.0253. The van der Waals surface area contributed by atoms with Gasteiger partial charge in [-0.15, -0.1) is 0 Å². The number of amides is 1. The summed E-state index contributed by atoms with van der Waals surface area (Å²) in [5, 5.41) is 5.93. The lowest BCUT2D eigenvalue weighted by atomic mass is 10.2. The Morgan fingerprint density at radius 1 is 1.47 bits per heavy atom. The summed E-state index contributed by atoms with van der Waals surface area (Å²) in [7, 11) is 0. The van der Waals surface area contributed by atoms with Crippen LogP contribution in [-0.4, -0.2) is 18.5 Å². The van der Waals surface area contributed by atoms with E-state index >= 15 is 0 Å². The summed E-state index contributed by atoms with van der Waals surface area (Å²) in [6.45, 7) is 5.18. The van der Waals surface area contributed by atoms with Crippen LogP contribution in [0.15, 0.2) is 24.3 Å². The third-order valence-corrected chi connectivity index (χ3v) is 2.42. The van der Waals surface area contributed by atoms with Crippen LogP contribution in [0.4, 0.5) is 4.39 Å². The highest BCUT2D eigenvalue weighted by Crippen LogP contribution is 2.03. The SMILES string of the molecule is CCNC(C)CC(=O)NCc1cccc(F)c1. The molecule has 94 valence electrons. The van der Waals surface area contributed by atoms with Crippen molar-refractivity contribution in [1.82, 2.24) is 10.6 Å². The Bertz CT molecular complexity index is 368. The highest BCUT2D eigenvalue weighted by Gasteiger charge is 2.07. The minimum atomic E-state index is -0.280. The van der Waals surface area contributed by atoms with E-state index in [4.69, 9.17) is 0 Å². The zero-order valence-electron chi connectivity index (χ0n) is 10.3. The number of nitrogens with one attached hydrogen (secondary N) is 2. The van der Waals surface area contributed by atoms with E-state index in [-0.39, 0.29) is 17.8 Å². The quantitative estimate of drug-likeness (QED) is 0.794. The summed E-state index contributed by atoms with van der Waals surface area (Å²) in [6.07, 6.45) is 0.434. The Labute approximate surface area is 101 Å². The van der Waals surface area contributed by atoms with E-state index in [9.17, 15) is 9.18 Å². The van der Waals surface area contributed by atoms with Crippen molar-refractivity contribution in [3.05, 3.63) is 35.6 Å². The van der Waals surface area contributed by atoms with Crippen molar-refractivity contribution in [3.63, 3.8) is 0 Å². The smallest absolute Gasteiger partial charge is 0.221 e. The molecule has 1 rings (SSSR count). The van der Waals surface area contributed by atoms with E-state index in [0.29, 0.717) is 13.0 Å². The zero-order chi connectivity index (χ0) is 12.7. The summed E-state index contributed by atoms with van der Waals surface area (Å²) in [4.78, 5) is 11.5. The van der Waals surface area contributed by atoms with E-state index in [1.807, 2.05) is 13.8 Å². The molecule has 0 saturated carbocycles. The molecule has 0 bridgehead atoms. The molecule has 0 aromatic heterocycles. The molecule has 0 spiro atoms. The minimum Gasteiger partial charge on any atom is -0.352 e. The van der Waals surface area contributed by atoms with Gasteiger partial charge < -0.3 is 10.6 Å². The number of halogens is 1. The van der Waals surface area contributed by atoms with Crippen molar-refractivity contribution in [2.45, 2.75) is 32.9 Å². The van der Waals surface area contributed by atoms with Gasteiger partial charge in [-0.1, -0.05) is 19.1 Å². The third kappa shape index (κ3) is 5.45. The number of hydrogen-bond donors (Lipinski definition) is 2. The molecule has 1 aromatic rings. The van der Waals surface area contributed by atoms with Crippen molar-refractivity contribution in [2.24, 2.45) is 0 Å². The monoisotopic (exact) mass is 238 g/mol. The molecule has 0 aliphatic carbocycles. The fraction of sp³-hybridized carbons (Fsp3) is 0.462. The maximum Gasteiger partial charge on any atom is 0.221 e. The van der Waals surface area contributed by atoms with Gasteiger partial charge in [0.25, 0.3) is 0 Å². The first-order valence-corrected chi connectivity index (χ1v) is 5.86. The number of rotatable bonds is 6. The highest BCUT2D eigenvalue weighted by molar-refractivity contribution is 5.76. The van der Waals surface area contributed by atoms with Crippen molar-refractivity contribution >= 4 is 5.91 Å². The number of carbonyl (C=O) groups is 1. The van der Waals surface area contributed by atoms with Crippen LogP contribution in [0.3, 0.4) is 0 Å². The van der Waals surface area contributed by atoms with Crippen LogP contribution >= 0.6 is 0 Å². The first-order chi connectivity index (χ1) is 8.11. The lowest BCUT2D eigenvalue weighted by Crippen LogP contribution is -2.33. The molecular weight excluding hydrogens is 219 g/mol. The van der Waals surface area contributed by atoms with Gasteiger partial charge >= 0.3 is 0 Å².